The van der Waals surface area contributed by atoms with Gasteiger partial charge in [-0.15, -0.1) is 0 Å². The molecule has 1 aromatic carbocycles. The number of aromatic nitrogens is 1. The number of carbonyl (C=O) groups is 1. The number of aliphatic hydroxyl groups is 1. The number of benzene rings is 1. The van der Waals surface area contributed by atoms with Crippen molar-refractivity contribution in [1.82, 2.24) is 9.88 Å². The van der Waals surface area contributed by atoms with Crippen molar-refractivity contribution in [2.75, 3.05) is 23.9 Å². The molecule has 0 saturated heterocycles. The van der Waals surface area contributed by atoms with E-state index < -0.39 is 0 Å². The number of hydrogen-bond donors (Lipinski definition) is 3. The number of thioether (sulfide) groups is 1. The number of nitrogens with zero attached hydrogens (tertiary/aromatic N) is 1. The maximum Gasteiger partial charge on any atom is 0.319 e. The monoisotopic (exact) mass is 335 g/mol. The van der Waals surface area contributed by atoms with E-state index >= 15 is 0 Å². The zero-order valence-electron chi connectivity index (χ0n) is 13.7. The average Bonchev–Trinajstić information content (AvgIpc) is 2.91. The minimum absolute atomic E-state index is 0.0253. The quantitative estimate of drug-likeness (QED) is 0.693. The summed E-state index contributed by atoms with van der Waals surface area (Å²) in [5, 5.41) is 16.0. The lowest BCUT2D eigenvalue weighted by atomic mass is 10.2. The first kappa shape index (κ1) is 17.7. The molecule has 2 aromatic rings. The van der Waals surface area contributed by atoms with Crippen molar-refractivity contribution in [3.05, 3.63) is 30.5 Å². The molecule has 0 fully saturated rings. The molecular weight excluding hydrogens is 310 g/mol. The Hall–Kier alpha value is -1.66. The van der Waals surface area contributed by atoms with Crippen LogP contribution >= 0.6 is 11.8 Å². The molecule has 0 aliphatic carbocycles. The summed E-state index contributed by atoms with van der Waals surface area (Å²) >= 11 is 1.65. The summed E-state index contributed by atoms with van der Waals surface area (Å²) in [4.78, 5) is 12.1. The SMILES string of the molecule is CCCn1ccc2ccc(NC(=O)NC(CCO)CSC)cc21. The molecule has 2 rings (SSSR count). The molecular formula is C17H25N3O2S. The Bertz CT molecular complexity index is 636. The fourth-order valence-electron chi connectivity index (χ4n) is 2.60. The second-order valence-corrected chi connectivity index (χ2v) is 6.46. The highest BCUT2D eigenvalue weighted by Gasteiger charge is 2.12. The van der Waals surface area contributed by atoms with Gasteiger partial charge in [-0.1, -0.05) is 13.0 Å². The zero-order valence-corrected chi connectivity index (χ0v) is 14.5. The van der Waals surface area contributed by atoms with Crippen molar-refractivity contribution in [3.63, 3.8) is 0 Å². The van der Waals surface area contributed by atoms with Crippen molar-refractivity contribution in [1.29, 1.82) is 0 Å². The molecule has 2 amide bonds. The zero-order chi connectivity index (χ0) is 16.7. The van der Waals surface area contributed by atoms with Crippen LogP contribution in [0.5, 0.6) is 0 Å². The molecule has 1 aromatic heterocycles. The number of nitrogens with one attached hydrogen (secondary N) is 2. The summed E-state index contributed by atoms with van der Waals surface area (Å²) in [6, 6.07) is 7.76. The van der Waals surface area contributed by atoms with Gasteiger partial charge in [0.15, 0.2) is 0 Å². The van der Waals surface area contributed by atoms with Crippen LogP contribution in [0.3, 0.4) is 0 Å². The molecule has 126 valence electrons. The third-order valence-corrected chi connectivity index (χ3v) is 4.41. The molecule has 1 atom stereocenters. The third-order valence-electron chi connectivity index (χ3n) is 3.68. The van der Waals surface area contributed by atoms with Gasteiger partial charge in [0, 0.05) is 36.8 Å². The average molecular weight is 335 g/mol. The number of hydrogen-bond acceptors (Lipinski definition) is 3. The fraction of sp³-hybridized carbons (Fsp3) is 0.471. The molecule has 5 nitrogen and oxygen atoms in total. The second kappa shape index (κ2) is 8.84. The first-order valence-corrected chi connectivity index (χ1v) is 9.33. The van der Waals surface area contributed by atoms with Crippen molar-refractivity contribution < 1.29 is 9.90 Å². The van der Waals surface area contributed by atoms with Gasteiger partial charge in [-0.25, -0.2) is 4.79 Å². The standard InChI is InChI=1S/C17H25N3O2S/c1-3-8-20-9-6-13-4-5-14(11-16(13)20)18-17(22)19-15(7-10-21)12-23-2/h4-6,9,11,15,21H,3,7-8,10,12H2,1-2H3,(H2,18,19,22). The highest BCUT2D eigenvalue weighted by atomic mass is 32.2. The number of rotatable bonds is 8. The van der Waals surface area contributed by atoms with Gasteiger partial charge in [0.1, 0.15) is 0 Å². The van der Waals surface area contributed by atoms with Crippen molar-refractivity contribution in [3.8, 4) is 0 Å². The first-order chi connectivity index (χ1) is 11.2. The number of amides is 2. The van der Waals surface area contributed by atoms with Gasteiger partial charge in [0.25, 0.3) is 0 Å². The minimum Gasteiger partial charge on any atom is -0.396 e. The predicted octanol–water partition coefficient (Wildman–Crippen LogP) is 3.29. The largest absolute Gasteiger partial charge is 0.396 e. The summed E-state index contributed by atoms with van der Waals surface area (Å²) < 4.78 is 2.20. The summed E-state index contributed by atoms with van der Waals surface area (Å²) in [5.41, 5.74) is 1.90. The van der Waals surface area contributed by atoms with Crippen LogP contribution in [0, 0.1) is 0 Å². The van der Waals surface area contributed by atoms with Crippen LogP contribution < -0.4 is 10.6 Å². The Labute approximate surface area is 141 Å². The van der Waals surface area contributed by atoms with Crippen LogP contribution in [-0.2, 0) is 6.54 Å². The van der Waals surface area contributed by atoms with E-state index in [-0.39, 0.29) is 18.7 Å². The number of fused-ring (bicyclic) bond motifs is 1. The van der Waals surface area contributed by atoms with Crippen molar-refractivity contribution in [2.45, 2.75) is 32.4 Å². The third kappa shape index (κ3) is 4.91. The summed E-state index contributed by atoms with van der Waals surface area (Å²) in [6.45, 7) is 3.18. The van der Waals surface area contributed by atoms with Gasteiger partial charge in [-0.3, -0.25) is 0 Å². The van der Waals surface area contributed by atoms with E-state index in [1.807, 2.05) is 24.5 Å². The summed E-state index contributed by atoms with van der Waals surface area (Å²) in [7, 11) is 0. The van der Waals surface area contributed by atoms with Crippen LogP contribution in [-0.4, -0.2) is 40.4 Å². The molecule has 0 spiro atoms. The molecule has 1 unspecified atom stereocenters. The highest BCUT2D eigenvalue weighted by molar-refractivity contribution is 7.98. The lowest BCUT2D eigenvalue weighted by Crippen LogP contribution is -2.40. The van der Waals surface area contributed by atoms with Gasteiger partial charge >= 0.3 is 6.03 Å². The van der Waals surface area contributed by atoms with E-state index in [1.54, 1.807) is 11.8 Å². The number of urea groups is 1. The fourth-order valence-corrected chi connectivity index (χ4v) is 3.26. The number of carbonyl (C=O) groups excluding carboxylic acids is 1. The van der Waals surface area contributed by atoms with Crippen LogP contribution in [0.15, 0.2) is 30.5 Å². The molecule has 3 N–H and O–H groups in total. The Morgan fingerprint density at radius 2 is 2.22 bits per heavy atom. The molecule has 0 aliphatic rings. The molecule has 0 aliphatic heterocycles. The van der Waals surface area contributed by atoms with E-state index in [2.05, 4.69) is 34.4 Å². The van der Waals surface area contributed by atoms with Gasteiger partial charge in [0.05, 0.1) is 5.52 Å². The van der Waals surface area contributed by atoms with Gasteiger partial charge in [0.2, 0.25) is 0 Å². The number of anilines is 1. The summed E-state index contributed by atoms with van der Waals surface area (Å²) in [5.74, 6) is 0.784. The Morgan fingerprint density at radius 1 is 1.39 bits per heavy atom. The van der Waals surface area contributed by atoms with Crippen molar-refractivity contribution >= 4 is 34.4 Å². The van der Waals surface area contributed by atoms with Crippen LogP contribution in [0.1, 0.15) is 19.8 Å². The van der Waals surface area contributed by atoms with Gasteiger partial charge in [-0.05, 0) is 42.7 Å². The molecule has 0 bridgehead atoms. The van der Waals surface area contributed by atoms with Gasteiger partial charge < -0.3 is 20.3 Å². The van der Waals surface area contributed by atoms with Crippen molar-refractivity contribution in [2.24, 2.45) is 0 Å². The topological polar surface area (TPSA) is 66.3 Å². The molecule has 1 heterocycles. The normalized spacial score (nSPS) is 12.3. The Morgan fingerprint density at radius 3 is 2.91 bits per heavy atom. The lowest BCUT2D eigenvalue weighted by molar-refractivity contribution is 0.241. The van der Waals surface area contributed by atoms with E-state index in [4.69, 9.17) is 5.11 Å². The minimum atomic E-state index is -0.231. The predicted molar refractivity (Wildman–Crippen MR) is 98.3 cm³/mol. The molecule has 0 saturated carbocycles. The van der Waals surface area contributed by atoms with E-state index in [1.165, 1.54) is 5.39 Å². The first-order valence-electron chi connectivity index (χ1n) is 7.94. The summed E-state index contributed by atoms with van der Waals surface area (Å²) in [6.07, 6.45) is 5.69. The molecule has 6 heteroatoms. The number of aryl methyl sites for hydroxylation is 1. The maximum atomic E-state index is 12.1. The molecule has 23 heavy (non-hydrogen) atoms. The van der Waals surface area contributed by atoms with E-state index in [0.29, 0.717) is 6.42 Å². The molecule has 0 radical (unpaired) electrons. The maximum absolute atomic E-state index is 12.1. The highest BCUT2D eigenvalue weighted by Crippen LogP contribution is 2.21. The van der Waals surface area contributed by atoms with Crippen LogP contribution in [0.2, 0.25) is 0 Å². The second-order valence-electron chi connectivity index (χ2n) is 5.55. The van der Waals surface area contributed by atoms with Gasteiger partial charge in [-0.2, -0.15) is 11.8 Å². The van der Waals surface area contributed by atoms with Crippen LogP contribution in [0.25, 0.3) is 10.9 Å². The Kier molecular flexibility index (Phi) is 6.80. The Balaban J connectivity index is 2.05. The lowest BCUT2D eigenvalue weighted by Gasteiger charge is -2.17. The van der Waals surface area contributed by atoms with E-state index in [9.17, 15) is 4.79 Å². The van der Waals surface area contributed by atoms with E-state index in [0.717, 1.165) is 29.9 Å². The number of aliphatic hydroxyl groups excluding tert-OH is 1. The van der Waals surface area contributed by atoms with Crippen LogP contribution in [0.4, 0.5) is 10.5 Å². The smallest absolute Gasteiger partial charge is 0.319 e.